The Bertz CT molecular complexity index is 1580. The normalized spacial score (nSPS) is 17.1. The van der Waals surface area contributed by atoms with Crippen LogP contribution >= 0.6 is 11.3 Å². The summed E-state index contributed by atoms with van der Waals surface area (Å²) in [6.07, 6.45) is 0. The molecule has 5 rings (SSSR count). The number of nitro groups is 1. The second kappa shape index (κ2) is 8.86. The van der Waals surface area contributed by atoms with E-state index in [2.05, 4.69) is 4.98 Å². The van der Waals surface area contributed by atoms with Crippen LogP contribution in [0.2, 0.25) is 0 Å². The number of methoxy groups -OCH3 is 1. The molecule has 1 saturated heterocycles. The van der Waals surface area contributed by atoms with Gasteiger partial charge in [0.15, 0.2) is 5.13 Å². The molecule has 36 heavy (non-hydrogen) atoms. The first-order chi connectivity index (χ1) is 17.3. The van der Waals surface area contributed by atoms with Gasteiger partial charge in [-0.15, -0.1) is 0 Å². The van der Waals surface area contributed by atoms with Crippen molar-refractivity contribution < 1.29 is 28.7 Å². The standard InChI is InChI=1S/C25H16FN3O6S/c1-35-17-9-10-18-19(12-17)36-25(27-18)28-21(14-3-2-4-16(11-14)29(33)34)20(23(31)24(28)32)22(30)13-5-7-15(26)8-6-13/h2-12,21,30H,1H3/t21-/m0/s1. The molecule has 4 aromatic rings. The Morgan fingerprint density at radius 1 is 1.14 bits per heavy atom. The van der Waals surface area contributed by atoms with E-state index in [1.807, 2.05) is 0 Å². The zero-order valence-corrected chi connectivity index (χ0v) is 19.4. The van der Waals surface area contributed by atoms with Crippen molar-refractivity contribution in [1.82, 2.24) is 4.98 Å². The number of anilines is 1. The number of amides is 1. The van der Waals surface area contributed by atoms with E-state index in [0.717, 1.165) is 28.4 Å². The number of nitro benzene ring substituents is 1. The number of halogens is 1. The van der Waals surface area contributed by atoms with Crippen molar-refractivity contribution in [2.45, 2.75) is 6.04 Å². The maximum atomic E-state index is 13.5. The van der Waals surface area contributed by atoms with Gasteiger partial charge < -0.3 is 9.84 Å². The second-order valence-corrected chi connectivity index (χ2v) is 8.87. The Kier molecular flexibility index (Phi) is 5.69. The maximum Gasteiger partial charge on any atom is 0.301 e. The third-order valence-corrected chi connectivity index (χ3v) is 6.77. The third-order valence-electron chi connectivity index (χ3n) is 5.75. The highest BCUT2D eigenvalue weighted by Gasteiger charge is 2.48. The highest BCUT2D eigenvalue weighted by molar-refractivity contribution is 7.22. The van der Waals surface area contributed by atoms with Crippen LogP contribution in [0.4, 0.5) is 15.2 Å². The number of fused-ring (bicyclic) bond motifs is 1. The molecule has 3 aromatic carbocycles. The number of nitrogens with zero attached hydrogens (tertiary/aromatic N) is 3. The molecule has 0 spiro atoms. The molecular weight excluding hydrogens is 489 g/mol. The van der Waals surface area contributed by atoms with Crippen molar-refractivity contribution in [2.75, 3.05) is 12.0 Å². The van der Waals surface area contributed by atoms with Gasteiger partial charge in [-0.2, -0.15) is 0 Å². The van der Waals surface area contributed by atoms with Crippen molar-refractivity contribution in [3.05, 3.63) is 99.4 Å². The number of ether oxygens (including phenoxy) is 1. The fourth-order valence-electron chi connectivity index (χ4n) is 4.04. The number of carbonyl (C=O) groups is 2. The minimum atomic E-state index is -1.21. The van der Waals surface area contributed by atoms with Gasteiger partial charge in [0.25, 0.3) is 11.5 Å². The Balaban J connectivity index is 1.74. The lowest BCUT2D eigenvalue weighted by atomic mass is 9.95. The van der Waals surface area contributed by atoms with Gasteiger partial charge in [0.2, 0.25) is 0 Å². The molecule has 0 radical (unpaired) electrons. The van der Waals surface area contributed by atoms with Gasteiger partial charge in [-0.1, -0.05) is 23.5 Å². The fraction of sp³-hybridized carbons (Fsp3) is 0.0800. The summed E-state index contributed by atoms with van der Waals surface area (Å²) in [6.45, 7) is 0. The van der Waals surface area contributed by atoms with Crippen LogP contribution in [0, 0.1) is 15.9 Å². The molecule has 180 valence electrons. The number of aliphatic hydroxyl groups is 1. The highest BCUT2D eigenvalue weighted by atomic mass is 32.1. The van der Waals surface area contributed by atoms with Crippen LogP contribution in [0.3, 0.4) is 0 Å². The average molecular weight is 505 g/mol. The minimum Gasteiger partial charge on any atom is -0.507 e. The topological polar surface area (TPSA) is 123 Å². The molecule has 0 unspecified atom stereocenters. The molecule has 1 fully saturated rings. The second-order valence-electron chi connectivity index (χ2n) is 7.86. The average Bonchev–Trinajstić information content (AvgIpc) is 3.41. The molecule has 0 saturated carbocycles. The lowest BCUT2D eigenvalue weighted by Gasteiger charge is -2.22. The van der Waals surface area contributed by atoms with E-state index in [0.29, 0.717) is 16.0 Å². The number of ketones is 1. The first kappa shape index (κ1) is 23.1. The molecular formula is C25H16FN3O6S. The van der Waals surface area contributed by atoms with Crippen LogP contribution < -0.4 is 9.64 Å². The van der Waals surface area contributed by atoms with Gasteiger partial charge >= 0.3 is 5.91 Å². The number of thiazole rings is 1. The summed E-state index contributed by atoms with van der Waals surface area (Å²) in [7, 11) is 1.51. The Morgan fingerprint density at radius 3 is 2.58 bits per heavy atom. The fourth-order valence-corrected chi connectivity index (χ4v) is 5.06. The van der Waals surface area contributed by atoms with Crippen LogP contribution in [-0.2, 0) is 9.59 Å². The molecule has 2 heterocycles. The van der Waals surface area contributed by atoms with Gasteiger partial charge in [-0.05, 0) is 48.0 Å². The molecule has 1 aliphatic rings. The summed E-state index contributed by atoms with van der Waals surface area (Å²) in [6, 6.07) is 14.1. The highest BCUT2D eigenvalue weighted by Crippen LogP contribution is 2.45. The van der Waals surface area contributed by atoms with Crippen LogP contribution in [-0.4, -0.2) is 33.8 Å². The van der Waals surface area contributed by atoms with E-state index in [1.54, 1.807) is 18.2 Å². The molecule has 9 nitrogen and oxygen atoms in total. The lowest BCUT2D eigenvalue weighted by Crippen LogP contribution is -2.29. The van der Waals surface area contributed by atoms with Gasteiger partial charge in [-0.25, -0.2) is 9.37 Å². The smallest absolute Gasteiger partial charge is 0.301 e. The van der Waals surface area contributed by atoms with E-state index in [4.69, 9.17) is 4.74 Å². The Morgan fingerprint density at radius 2 is 1.89 bits per heavy atom. The third kappa shape index (κ3) is 3.85. The van der Waals surface area contributed by atoms with E-state index in [9.17, 15) is 29.2 Å². The number of aliphatic hydroxyl groups excluding tert-OH is 1. The molecule has 0 aliphatic carbocycles. The summed E-state index contributed by atoms with van der Waals surface area (Å²) >= 11 is 1.12. The van der Waals surface area contributed by atoms with E-state index in [1.165, 1.54) is 43.5 Å². The van der Waals surface area contributed by atoms with E-state index in [-0.39, 0.29) is 27.5 Å². The lowest BCUT2D eigenvalue weighted by molar-refractivity contribution is -0.384. The largest absolute Gasteiger partial charge is 0.507 e. The number of aromatic nitrogens is 1. The van der Waals surface area contributed by atoms with Crippen molar-refractivity contribution >= 4 is 49.8 Å². The Hall–Kier alpha value is -4.64. The van der Waals surface area contributed by atoms with E-state index >= 15 is 0 Å². The number of rotatable bonds is 5. The van der Waals surface area contributed by atoms with Gasteiger partial charge in [-0.3, -0.25) is 24.6 Å². The van der Waals surface area contributed by atoms with Crippen molar-refractivity contribution in [3.8, 4) is 5.75 Å². The predicted molar refractivity (Wildman–Crippen MR) is 130 cm³/mol. The summed E-state index contributed by atoms with van der Waals surface area (Å²) in [5, 5.41) is 22.7. The number of Topliss-reactive ketones (excluding diaryl/α,β-unsaturated/α-hetero) is 1. The molecule has 1 aromatic heterocycles. The predicted octanol–water partition coefficient (Wildman–Crippen LogP) is 4.98. The van der Waals surface area contributed by atoms with Crippen LogP contribution in [0.1, 0.15) is 17.2 Å². The maximum absolute atomic E-state index is 13.5. The number of non-ortho nitro benzene ring substituents is 1. The summed E-state index contributed by atoms with van der Waals surface area (Å²) in [5.74, 6) is -2.46. The monoisotopic (exact) mass is 505 g/mol. The van der Waals surface area contributed by atoms with Crippen LogP contribution in [0.5, 0.6) is 5.75 Å². The summed E-state index contributed by atoms with van der Waals surface area (Å²) in [4.78, 5) is 43.0. The van der Waals surface area contributed by atoms with Crippen LogP contribution in [0.15, 0.2) is 72.3 Å². The van der Waals surface area contributed by atoms with Crippen molar-refractivity contribution in [1.29, 1.82) is 0 Å². The first-order valence-corrected chi connectivity index (χ1v) is 11.4. The van der Waals surface area contributed by atoms with Crippen LogP contribution in [0.25, 0.3) is 16.0 Å². The molecule has 1 atom stereocenters. The number of hydrogen-bond acceptors (Lipinski definition) is 8. The van der Waals surface area contributed by atoms with Gasteiger partial charge in [0.05, 0.1) is 33.9 Å². The molecule has 11 heteroatoms. The SMILES string of the molecule is COc1ccc2nc(N3C(=O)C(=O)C(=C(O)c4ccc(F)cc4)[C@@H]3c3cccc([N+](=O)[O-])c3)sc2c1. The zero-order chi connectivity index (χ0) is 25.6. The minimum absolute atomic E-state index is 0.110. The molecule has 0 bridgehead atoms. The summed E-state index contributed by atoms with van der Waals surface area (Å²) in [5.41, 5.74) is 0.342. The number of benzene rings is 3. The zero-order valence-electron chi connectivity index (χ0n) is 18.5. The quantitative estimate of drug-likeness (QED) is 0.133. The van der Waals surface area contributed by atoms with Gasteiger partial charge in [0, 0.05) is 17.7 Å². The summed E-state index contributed by atoms with van der Waals surface area (Å²) < 4.78 is 19.4. The van der Waals surface area contributed by atoms with Gasteiger partial charge in [0.1, 0.15) is 17.3 Å². The molecule has 1 N–H and O–H groups in total. The van der Waals surface area contributed by atoms with Crippen molar-refractivity contribution in [3.63, 3.8) is 0 Å². The number of hydrogen-bond donors (Lipinski definition) is 1. The molecule has 1 amide bonds. The van der Waals surface area contributed by atoms with Crippen molar-refractivity contribution in [2.24, 2.45) is 0 Å². The van der Waals surface area contributed by atoms with E-state index < -0.39 is 34.2 Å². The molecule has 1 aliphatic heterocycles. The first-order valence-electron chi connectivity index (χ1n) is 10.5. The number of carbonyl (C=O) groups excluding carboxylic acids is 2. The Labute approximate surface area is 206 Å².